The third kappa shape index (κ3) is 3.60. The standard InChI is InChI=1S/C18H22N6O2/c25-17(15-4-6-20-18(21-15)24-11-13-26-14-12-24)23-9-7-22(8-10-23)16-3-1-2-5-19-16/h1-6H,7-14H2. The minimum atomic E-state index is -0.0393. The number of morpholine rings is 1. The molecule has 0 bridgehead atoms. The highest BCUT2D eigenvalue weighted by molar-refractivity contribution is 5.92. The van der Waals surface area contributed by atoms with Crippen molar-refractivity contribution in [1.82, 2.24) is 19.9 Å². The van der Waals surface area contributed by atoms with E-state index in [-0.39, 0.29) is 5.91 Å². The predicted octanol–water partition coefficient (Wildman–Crippen LogP) is 0.671. The molecule has 136 valence electrons. The highest BCUT2D eigenvalue weighted by Gasteiger charge is 2.24. The monoisotopic (exact) mass is 354 g/mol. The Morgan fingerprint density at radius 3 is 2.42 bits per heavy atom. The zero-order chi connectivity index (χ0) is 17.8. The van der Waals surface area contributed by atoms with Gasteiger partial charge in [0.05, 0.1) is 13.2 Å². The van der Waals surface area contributed by atoms with Crippen LogP contribution in [0.15, 0.2) is 36.7 Å². The van der Waals surface area contributed by atoms with E-state index >= 15 is 0 Å². The molecule has 2 fully saturated rings. The van der Waals surface area contributed by atoms with E-state index in [1.807, 2.05) is 23.1 Å². The molecule has 4 heterocycles. The fourth-order valence-corrected chi connectivity index (χ4v) is 3.22. The number of hydrogen-bond donors (Lipinski definition) is 0. The molecule has 0 N–H and O–H groups in total. The van der Waals surface area contributed by atoms with Crippen LogP contribution in [0.25, 0.3) is 0 Å². The number of rotatable bonds is 3. The van der Waals surface area contributed by atoms with Gasteiger partial charge in [-0.15, -0.1) is 0 Å². The third-order valence-corrected chi connectivity index (χ3v) is 4.70. The number of carbonyl (C=O) groups excluding carboxylic acids is 1. The second-order valence-electron chi connectivity index (χ2n) is 6.31. The Kier molecular flexibility index (Phi) is 4.92. The molecule has 4 rings (SSSR count). The largest absolute Gasteiger partial charge is 0.378 e. The van der Waals surface area contributed by atoms with Crippen molar-refractivity contribution in [2.24, 2.45) is 0 Å². The molecule has 8 heteroatoms. The maximum atomic E-state index is 12.8. The minimum absolute atomic E-state index is 0.0393. The Morgan fingerprint density at radius 2 is 1.69 bits per heavy atom. The van der Waals surface area contributed by atoms with Crippen LogP contribution in [0.5, 0.6) is 0 Å². The third-order valence-electron chi connectivity index (χ3n) is 4.70. The number of aromatic nitrogens is 3. The first-order valence-electron chi connectivity index (χ1n) is 8.92. The molecule has 0 atom stereocenters. The Morgan fingerprint density at radius 1 is 0.885 bits per heavy atom. The summed E-state index contributed by atoms with van der Waals surface area (Å²) >= 11 is 0. The Balaban J connectivity index is 1.40. The van der Waals surface area contributed by atoms with Crippen molar-refractivity contribution in [2.45, 2.75) is 0 Å². The van der Waals surface area contributed by atoms with Gasteiger partial charge < -0.3 is 19.4 Å². The lowest BCUT2D eigenvalue weighted by Crippen LogP contribution is -2.49. The summed E-state index contributed by atoms with van der Waals surface area (Å²) in [6.45, 7) is 5.68. The fourth-order valence-electron chi connectivity index (χ4n) is 3.22. The van der Waals surface area contributed by atoms with Crippen LogP contribution in [0.4, 0.5) is 11.8 Å². The van der Waals surface area contributed by atoms with Crippen molar-refractivity contribution < 1.29 is 9.53 Å². The van der Waals surface area contributed by atoms with Gasteiger partial charge in [-0.1, -0.05) is 6.07 Å². The van der Waals surface area contributed by atoms with E-state index in [1.165, 1.54) is 0 Å². The minimum Gasteiger partial charge on any atom is -0.378 e. The molecule has 2 saturated heterocycles. The normalized spacial score (nSPS) is 18.1. The maximum Gasteiger partial charge on any atom is 0.272 e. The van der Waals surface area contributed by atoms with Crippen LogP contribution < -0.4 is 9.80 Å². The number of amides is 1. The average molecular weight is 354 g/mol. The zero-order valence-corrected chi connectivity index (χ0v) is 14.6. The quantitative estimate of drug-likeness (QED) is 0.802. The molecule has 1 amide bonds. The van der Waals surface area contributed by atoms with E-state index in [1.54, 1.807) is 18.5 Å². The zero-order valence-electron chi connectivity index (χ0n) is 14.6. The molecular formula is C18H22N6O2. The lowest BCUT2D eigenvalue weighted by molar-refractivity contribution is 0.0740. The van der Waals surface area contributed by atoms with Crippen LogP contribution in [0.1, 0.15) is 10.5 Å². The average Bonchev–Trinajstić information content (AvgIpc) is 2.75. The molecular weight excluding hydrogens is 332 g/mol. The number of nitrogens with zero attached hydrogens (tertiary/aromatic N) is 6. The number of ether oxygens (including phenoxy) is 1. The van der Waals surface area contributed by atoms with E-state index in [0.29, 0.717) is 37.9 Å². The highest BCUT2D eigenvalue weighted by Crippen LogP contribution is 2.15. The van der Waals surface area contributed by atoms with Gasteiger partial charge >= 0.3 is 0 Å². The number of carbonyl (C=O) groups is 1. The molecule has 2 aliphatic heterocycles. The maximum absolute atomic E-state index is 12.8. The lowest BCUT2D eigenvalue weighted by atomic mass is 10.2. The van der Waals surface area contributed by atoms with Crippen LogP contribution in [0.3, 0.4) is 0 Å². The summed E-state index contributed by atoms with van der Waals surface area (Å²) in [7, 11) is 0. The predicted molar refractivity (Wildman–Crippen MR) is 97.4 cm³/mol. The van der Waals surface area contributed by atoms with E-state index in [4.69, 9.17) is 4.74 Å². The van der Waals surface area contributed by atoms with Crippen LogP contribution in [-0.4, -0.2) is 78.2 Å². The SMILES string of the molecule is O=C(c1ccnc(N2CCOCC2)n1)N1CCN(c2ccccn2)CC1. The Labute approximate surface area is 152 Å². The summed E-state index contributed by atoms with van der Waals surface area (Å²) in [6.07, 6.45) is 3.45. The van der Waals surface area contributed by atoms with E-state index < -0.39 is 0 Å². The molecule has 2 aromatic rings. The van der Waals surface area contributed by atoms with Gasteiger partial charge in [-0.3, -0.25) is 4.79 Å². The Hall–Kier alpha value is -2.74. The summed E-state index contributed by atoms with van der Waals surface area (Å²) in [5, 5.41) is 0. The molecule has 8 nitrogen and oxygen atoms in total. The van der Waals surface area contributed by atoms with Crippen molar-refractivity contribution in [3.8, 4) is 0 Å². The van der Waals surface area contributed by atoms with Gasteiger partial charge in [-0.05, 0) is 18.2 Å². The van der Waals surface area contributed by atoms with Crippen molar-refractivity contribution in [2.75, 3.05) is 62.3 Å². The molecule has 26 heavy (non-hydrogen) atoms. The second-order valence-corrected chi connectivity index (χ2v) is 6.31. The van der Waals surface area contributed by atoms with Crippen molar-refractivity contribution in [1.29, 1.82) is 0 Å². The van der Waals surface area contributed by atoms with Gasteiger partial charge in [0.1, 0.15) is 11.5 Å². The molecule has 0 saturated carbocycles. The van der Waals surface area contributed by atoms with Gasteiger partial charge in [-0.2, -0.15) is 0 Å². The topological polar surface area (TPSA) is 74.7 Å². The molecule has 2 aromatic heterocycles. The lowest BCUT2D eigenvalue weighted by Gasteiger charge is -2.35. The first-order valence-corrected chi connectivity index (χ1v) is 8.92. The summed E-state index contributed by atoms with van der Waals surface area (Å²) < 4.78 is 5.36. The summed E-state index contributed by atoms with van der Waals surface area (Å²) in [5.74, 6) is 1.52. The van der Waals surface area contributed by atoms with Gasteiger partial charge in [0.2, 0.25) is 5.95 Å². The summed E-state index contributed by atoms with van der Waals surface area (Å²) in [6, 6.07) is 7.58. The van der Waals surface area contributed by atoms with Gasteiger partial charge in [0.25, 0.3) is 5.91 Å². The van der Waals surface area contributed by atoms with E-state index in [9.17, 15) is 4.79 Å². The highest BCUT2D eigenvalue weighted by atomic mass is 16.5. The van der Waals surface area contributed by atoms with Gasteiger partial charge in [0, 0.05) is 51.7 Å². The van der Waals surface area contributed by atoms with Crippen LogP contribution in [0.2, 0.25) is 0 Å². The fraction of sp³-hybridized carbons (Fsp3) is 0.444. The van der Waals surface area contributed by atoms with E-state index in [0.717, 1.165) is 32.0 Å². The summed E-state index contributed by atoms with van der Waals surface area (Å²) in [5.41, 5.74) is 0.452. The number of anilines is 2. The summed E-state index contributed by atoms with van der Waals surface area (Å²) in [4.78, 5) is 32.1. The van der Waals surface area contributed by atoms with Gasteiger partial charge in [-0.25, -0.2) is 15.0 Å². The van der Waals surface area contributed by atoms with Crippen molar-refractivity contribution >= 4 is 17.7 Å². The number of hydrogen-bond acceptors (Lipinski definition) is 7. The molecule has 2 aliphatic rings. The molecule has 0 radical (unpaired) electrons. The first kappa shape index (κ1) is 16.7. The first-order chi connectivity index (χ1) is 12.8. The second kappa shape index (κ2) is 7.65. The van der Waals surface area contributed by atoms with E-state index in [2.05, 4.69) is 24.8 Å². The van der Waals surface area contributed by atoms with Crippen molar-refractivity contribution in [3.05, 3.63) is 42.4 Å². The van der Waals surface area contributed by atoms with Crippen molar-refractivity contribution in [3.63, 3.8) is 0 Å². The molecule has 0 aliphatic carbocycles. The van der Waals surface area contributed by atoms with Crippen LogP contribution in [0, 0.1) is 0 Å². The molecule has 0 unspecified atom stereocenters. The van der Waals surface area contributed by atoms with Crippen LogP contribution in [-0.2, 0) is 4.74 Å². The molecule has 0 aromatic carbocycles. The van der Waals surface area contributed by atoms with Crippen LogP contribution >= 0.6 is 0 Å². The number of pyridine rings is 1. The smallest absolute Gasteiger partial charge is 0.272 e. The molecule has 0 spiro atoms. The number of piperazine rings is 1. The van der Waals surface area contributed by atoms with Gasteiger partial charge in [0.15, 0.2) is 0 Å². The Bertz CT molecular complexity index is 742.